The third kappa shape index (κ3) is 11.8. The van der Waals surface area contributed by atoms with Gasteiger partial charge in [-0.05, 0) is 72.2 Å². The van der Waals surface area contributed by atoms with Gasteiger partial charge >= 0.3 is 11.9 Å². The largest absolute Gasteiger partial charge is 0.507 e. The van der Waals surface area contributed by atoms with E-state index < -0.39 is 29.5 Å². The van der Waals surface area contributed by atoms with Crippen molar-refractivity contribution >= 4 is 62.1 Å². The number of aromatic hydroxyl groups is 2. The van der Waals surface area contributed by atoms with Crippen LogP contribution in [-0.4, -0.2) is 33.2 Å². The van der Waals surface area contributed by atoms with E-state index in [2.05, 4.69) is 44.2 Å². The molecule has 0 heterocycles. The lowest BCUT2D eigenvalue weighted by Gasteiger charge is -2.10. The Balaban J connectivity index is 0.000000364. The zero-order valence-corrected chi connectivity index (χ0v) is 27.5. The maximum Gasteiger partial charge on any atom is 0.347 e. The van der Waals surface area contributed by atoms with Gasteiger partial charge in [0.25, 0.3) is 5.97 Å². The number of rotatable bonds is 4. The Kier molecular flexibility index (Phi) is 16.2. The fraction of sp³-hybridized carbons (Fsp3) is 0.100. The molecule has 0 aliphatic carbocycles. The van der Waals surface area contributed by atoms with E-state index in [1.165, 1.54) is 13.8 Å². The van der Waals surface area contributed by atoms with E-state index in [4.69, 9.17) is 19.4 Å². The van der Waals surface area contributed by atoms with Gasteiger partial charge in [0, 0.05) is 46.3 Å². The standard InChI is InChI=1S/C14H10BrFO3.C14H11FO3.C2H4O2.Br2/c1-8-11(16)7-10(15)13(17)12(8)14(18)19-9-5-3-2-4-6-9;1-9-11(15)7-8-12(16)13(9)14(17)18-10-5-3-2-4-6-10;1-2(3)4;1-2/h2-7,17H,1H3;2-8,16H,1H3;1H3,(H,3,4);. The van der Waals surface area contributed by atoms with Crippen molar-refractivity contribution in [3.05, 3.63) is 117 Å². The molecule has 0 amide bonds. The molecule has 0 saturated heterocycles. The molecule has 0 saturated carbocycles. The Morgan fingerprint density at radius 2 is 1.09 bits per heavy atom. The van der Waals surface area contributed by atoms with Gasteiger partial charge in [0.05, 0.1) is 4.47 Å². The van der Waals surface area contributed by atoms with Crippen LogP contribution in [0.1, 0.15) is 38.8 Å². The fourth-order valence-corrected chi connectivity index (χ4v) is 3.58. The summed E-state index contributed by atoms with van der Waals surface area (Å²) in [5, 5.41) is 26.9. The molecule has 0 aliphatic heterocycles. The number of para-hydroxylation sites is 2. The van der Waals surface area contributed by atoms with Crippen LogP contribution >= 0.6 is 44.2 Å². The lowest BCUT2D eigenvalue weighted by molar-refractivity contribution is -0.134. The molecule has 43 heavy (non-hydrogen) atoms. The molecule has 3 N–H and O–H groups in total. The molecule has 0 spiro atoms. The van der Waals surface area contributed by atoms with Crippen molar-refractivity contribution in [3.8, 4) is 23.0 Å². The highest BCUT2D eigenvalue weighted by Gasteiger charge is 2.22. The van der Waals surface area contributed by atoms with Crippen LogP contribution in [0.5, 0.6) is 23.0 Å². The predicted molar refractivity (Wildman–Crippen MR) is 167 cm³/mol. The highest BCUT2D eigenvalue weighted by molar-refractivity contribution is 9.93. The maximum atomic E-state index is 13.6. The first-order valence-electron chi connectivity index (χ1n) is 11.9. The zero-order valence-electron chi connectivity index (χ0n) is 22.8. The van der Waals surface area contributed by atoms with E-state index in [-0.39, 0.29) is 38.2 Å². The van der Waals surface area contributed by atoms with E-state index in [9.17, 15) is 28.6 Å². The number of halogens is 5. The number of ether oxygens (including phenoxy) is 2. The fourth-order valence-electron chi connectivity index (χ4n) is 3.18. The summed E-state index contributed by atoms with van der Waals surface area (Å²) in [4.78, 5) is 32.8. The average Bonchev–Trinajstić information content (AvgIpc) is 2.96. The third-order valence-electron chi connectivity index (χ3n) is 5.14. The van der Waals surface area contributed by atoms with Crippen LogP contribution in [0.2, 0.25) is 0 Å². The van der Waals surface area contributed by atoms with E-state index in [0.717, 1.165) is 25.1 Å². The Morgan fingerprint density at radius 3 is 1.53 bits per heavy atom. The molecule has 228 valence electrons. The molecular weight excluding hydrogens is 766 g/mol. The Hall–Kier alpha value is -3.81. The molecule has 0 atom stereocenters. The molecule has 0 unspecified atom stereocenters. The lowest BCUT2D eigenvalue weighted by atomic mass is 10.1. The SMILES string of the molecule is BrBr.CC(=O)O.Cc1c(F)cc(Br)c(O)c1C(=O)Oc1ccccc1.Cc1c(F)ccc(O)c1C(=O)Oc1ccccc1. The molecular formula is C30H25Br3F2O8. The van der Waals surface area contributed by atoms with Gasteiger partial charge in [-0.25, -0.2) is 18.4 Å². The Morgan fingerprint density at radius 1 is 0.698 bits per heavy atom. The van der Waals surface area contributed by atoms with Crippen LogP contribution in [0.4, 0.5) is 8.78 Å². The summed E-state index contributed by atoms with van der Waals surface area (Å²) in [7, 11) is 0. The number of benzene rings is 4. The van der Waals surface area contributed by atoms with Crippen molar-refractivity contribution < 1.29 is 48.0 Å². The van der Waals surface area contributed by atoms with Crippen molar-refractivity contribution in [1.29, 1.82) is 0 Å². The van der Waals surface area contributed by atoms with Crippen LogP contribution in [-0.2, 0) is 4.79 Å². The number of carboxylic acids is 1. The Labute approximate surface area is 269 Å². The number of hydrogen-bond acceptors (Lipinski definition) is 7. The molecule has 13 heteroatoms. The maximum absolute atomic E-state index is 13.6. The van der Waals surface area contributed by atoms with Gasteiger partial charge in [-0.2, -0.15) is 0 Å². The van der Waals surface area contributed by atoms with Gasteiger partial charge < -0.3 is 24.8 Å². The molecule has 4 aromatic carbocycles. The second-order valence-electron chi connectivity index (χ2n) is 8.18. The summed E-state index contributed by atoms with van der Waals surface area (Å²) in [5.74, 6) is -3.54. The second-order valence-corrected chi connectivity index (χ2v) is 9.03. The number of esters is 2. The van der Waals surface area contributed by atoms with Gasteiger partial charge in [0.15, 0.2) is 0 Å². The molecule has 8 nitrogen and oxygen atoms in total. The van der Waals surface area contributed by atoms with Crippen LogP contribution in [0.3, 0.4) is 0 Å². The average molecular weight is 791 g/mol. The quantitative estimate of drug-likeness (QED) is 0.138. The predicted octanol–water partition coefficient (Wildman–Crippen LogP) is 8.66. The van der Waals surface area contributed by atoms with Gasteiger partial charge in [-0.1, -0.05) is 36.4 Å². The van der Waals surface area contributed by atoms with E-state index >= 15 is 0 Å². The smallest absolute Gasteiger partial charge is 0.347 e. The summed E-state index contributed by atoms with van der Waals surface area (Å²) in [6, 6.07) is 20.1. The zero-order chi connectivity index (χ0) is 32.7. The number of phenolic OH excluding ortho intramolecular Hbond substituents is 2. The molecule has 0 radical (unpaired) electrons. The van der Waals surface area contributed by atoms with Crippen LogP contribution < -0.4 is 9.47 Å². The minimum absolute atomic E-state index is 0.0432. The molecule has 0 fully saturated rings. The monoisotopic (exact) mass is 788 g/mol. The summed E-state index contributed by atoms with van der Waals surface area (Å²) in [6.45, 7) is 3.90. The molecule has 4 rings (SSSR count). The molecule has 0 aliphatic rings. The summed E-state index contributed by atoms with van der Waals surface area (Å²) in [6.07, 6.45) is 0. The number of carboxylic acid groups (broad SMARTS) is 1. The lowest BCUT2D eigenvalue weighted by Crippen LogP contribution is -2.11. The van der Waals surface area contributed by atoms with Crippen molar-refractivity contribution in [2.75, 3.05) is 0 Å². The number of hydrogen-bond donors (Lipinski definition) is 3. The van der Waals surface area contributed by atoms with Crippen molar-refractivity contribution in [3.63, 3.8) is 0 Å². The van der Waals surface area contributed by atoms with Gasteiger partial charge in [0.1, 0.15) is 45.8 Å². The summed E-state index contributed by atoms with van der Waals surface area (Å²) in [5.41, 5.74) is -0.229. The summed E-state index contributed by atoms with van der Waals surface area (Å²) < 4.78 is 37.2. The number of carbonyl (C=O) groups is 3. The first kappa shape index (κ1) is 37.2. The van der Waals surface area contributed by atoms with Crippen molar-refractivity contribution in [2.24, 2.45) is 0 Å². The normalized spacial score (nSPS) is 9.49. The van der Waals surface area contributed by atoms with E-state index in [1.807, 2.05) is 0 Å². The van der Waals surface area contributed by atoms with E-state index in [0.29, 0.717) is 11.5 Å². The van der Waals surface area contributed by atoms with E-state index in [1.54, 1.807) is 60.7 Å². The van der Waals surface area contributed by atoms with Crippen LogP contribution in [0, 0.1) is 25.5 Å². The van der Waals surface area contributed by atoms with Crippen LogP contribution in [0.15, 0.2) is 83.3 Å². The molecule has 0 aromatic heterocycles. The first-order chi connectivity index (χ1) is 20.3. The highest BCUT2D eigenvalue weighted by Crippen LogP contribution is 2.33. The van der Waals surface area contributed by atoms with Gasteiger partial charge in [-0.3, -0.25) is 4.79 Å². The van der Waals surface area contributed by atoms with Gasteiger partial charge in [0.2, 0.25) is 0 Å². The second kappa shape index (κ2) is 18.7. The Bertz CT molecular complexity index is 1510. The minimum Gasteiger partial charge on any atom is -0.507 e. The summed E-state index contributed by atoms with van der Waals surface area (Å²) >= 11 is 8.49. The van der Waals surface area contributed by atoms with Crippen molar-refractivity contribution in [2.45, 2.75) is 20.8 Å². The van der Waals surface area contributed by atoms with Crippen molar-refractivity contribution in [1.82, 2.24) is 0 Å². The van der Waals surface area contributed by atoms with Crippen LogP contribution in [0.25, 0.3) is 0 Å². The number of phenols is 2. The first-order valence-corrected chi connectivity index (χ1v) is 16.4. The topological polar surface area (TPSA) is 130 Å². The minimum atomic E-state index is -0.833. The number of carbonyl (C=O) groups excluding carboxylic acids is 2. The third-order valence-corrected chi connectivity index (χ3v) is 5.75. The number of aliphatic carboxylic acids is 1. The van der Waals surface area contributed by atoms with Gasteiger partial charge in [-0.15, -0.1) is 0 Å². The molecule has 0 bridgehead atoms. The molecule has 4 aromatic rings. The highest BCUT2D eigenvalue weighted by atomic mass is 80.9.